The monoisotopic (exact) mass is 592 g/mol. The van der Waals surface area contributed by atoms with Crippen molar-refractivity contribution in [3.63, 3.8) is 0 Å². The van der Waals surface area contributed by atoms with Crippen LogP contribution in [0.15, 0.2) is 162 Å². The van der Waals surface area contributed by atoms with E-state index in [0.717, 1.165) is 50.1 Å². The van der Waals surface area contributed by atoms with E-state index >= 15 is 0 Å². The Labute approximate surface area is 268 Å². The van der Waals surface area contributed by atoms with Crippen LogP contribution in [0.5, 0.6) is 0 Å². The molecule has 0 aliphatic carbocycles. The van der Waals surface area contributed by atoms with Gasteiger partial charge in [0.15, 0.2) is 0 Å². The van der Waals surface area contributed by atoms with Gasteiger partial charge in [0, 0.05) is 28.4 Å². The Hall–Kier alpha value is -6.06. The fourth-order valence-corrected chi connectivity index (χ4v) is 6.59. The second-order valence-electron chi connectivity index (χ2n) is 11.5. The van der Waals surface area contributed by atoms with Gasteiger partial charge in [-0.25, -0.2) is 0 Å². The Balaban J connectivity index is 1.41. The van der Waals surface area contributed by atoms with Gasteiger partial charge in [0.1, 0.15) is 11.2 Å². The summed E-state index contributed by atoms with van der Waals surface area (Å²) in [5, 5.41) is 4.51. The molecule has 3 heteroatoms. The third-order valence-electron chi connectivity index (χ3n) is 8.72. The topological polar surface area (TPSA) is 42.4 Å². The van der Waals surface area contributed by atoms with Gasteiger partial charge in [-0.2, -0.15) is 0 Å². The number of nitrogen functional groups attached to an aromatic ring is 1. The van der Waals surface area contributed by atoms with Crippen LogP contribution in [0.2, 0.25) is 0 Å². The lowest BCUT2D eigenvalue weighted by Gasteiger charge is -2.29. The predicted octanol–water partition coefficient (Wildman–Crippen LogP) is 12.2. The van der Waals surface area contributed by atoms with E-state index in [2.05, 4.69) is 144 Å². The maximum Gasteiger partial charge on any atom is 0.137 e. The quantitative estimate of drug-likeness (QED) is 0.195. The molecule has 8 rings (SSSR count). The largest absolute Gasteiger partial charge is 0.456 e. The van der Waals surface area contributed by atoms with Crippen LogP contribution in [-0.4, -0.2) is 0 Å². The highest BCUT2D eigenvalue weighted by atomic mass is 16.3. The highest BCUT2D eigenvalue weighted by molar-refractivity contribution is 6.15. The number of para-hydroxylation sites is 1. The molecule has 46 heavy (non-hydrogen) atoms. The molecule has 0 radical (unpaired) electrons. The van der Waals surface area contributed by atoms with Crippen LogP contribution in [-0.2, 0) is 0 Å². The molecule has 0 spiro atoms. The van der Waals surface area contributed by atoms with E-state index in [0.29, 0.717) is 5.69 Å². The number of hydrogen-bond acceptors (Lipinski definition) is 3. The Morgan fingerprint density at radius 2 is 1.24 bits per heavy atom. The van der Waals surface area contributed by atoms with Crippen LogP contribution in [0.4, 0.5) is 22.7 Å². The molecule has 220 valence electrons. The fourth-order valence-electron chi connectivity index (χ4n) is 6.59. The third kappa shape index (κ3) is 4.70. The molecule has 0 saturated heterocycles. The zero-order valence-electron chi connectivity index (χ0n) is 25.5. The zero-order chi connectivity index (χ0) is 31.0. The summed E-state index contributed by atoms with van der Waals surface area (Å²) >= 11 is 0. The number of benzene rings is 7. The van der Waals surface area contributed by atoms with E-state index in [1.54, 1.807) is 0 Å². The molecule has 0 bridgehead atoms. The summed E-state index contributed by atoms with van der Waals surface area (Å²) in [5.41, 5.74) is 17.6. The molecule has 0 aliphatic rings. The van der Waals surface area contributed by atoms with Gasteiger partial charge in [-0.1, -0.05) is 121 Å². The molecule has 3 nitrogen and oxygen atoms in total. The van der Waals surface area contributed by atoms with Gasteiger partial charge in [-0.05, 0) is 76.3 Å². The van der Waals surface area contributed by atoms with Crippen molar-refractivity contribution < 1.29 is 4.42 Å². The minimum Gasteiger partial charge on any atom is -0.456 e. The number of hydrogen-bond donors (Lipinski definition) is 1. The summed E-state index contributed by atoms with van der Waals surface area (Å²) in [7, 11) is 0. The van der Waals surface area contributed by atoms with Gasteiger partial charge in [-0.3, -0.25) is 0 Å². The van der Waals surface area contributed by atoms with Gasteiger partial charge in [0.05, 0.1) is 16.8 Å². The molecular formula is C43H32N2O. The third-order valence-corrected chi connectivity index (χ3v) is 8.72. The first-order chi connectivity index (χ1) is 22.7. The van der Waals surface area contributed by atoms with Crippen molar-refractivity contribution in [3.8, 4) is 22.3 Å². The first-order valence-corrected chi connectivity index (χ1v) is 15.6. The number of allylic oxidation sites excluding steroid dienone is 1. The van der Waals surface area contributed by atoms with Crippen molar-refractivity contribution in [1.29, 1.82) is 0 Å². The summed E-state index contributed by atoms with van der Waals surface area (Å²) in [6, 6.07) is 53.5. The highest BCUT2D eigenvalue weighted by Gasteiger charge is 2.23. The molecule has 0 aliphatic heterocycles. The summed E-state index contributed by atoms with van der Waals surface area (Å²) < 4.78 is 6.45. The van der Waals surface area contributed by atoms with E-state index < -0.39 is 0 Å². The Morgan fingerprint density at radius 3 is 2.09 bits per heavy atom. The van der Waals surface area contributed by atoms with Gasteiger partial charge in [0.25, 0.3) is 0 Å². The average molecular weight is 593 g/mol. The van der Waals surface area contributed by atoms with E-state index in [9.17, 15) is 0 Å². The van der Waals surface area contributed by atoms with E-state index in [1.807, 2.05) is 31.2 Å². The van der Waals surface area contributed by atoms with Crippen molar-refractivity contribution in [2.24, 2.45) is 0 Å². The van der Waals surface area contributed by atoms with Crippen molar-refractivity contribution in [2.45, 2.75) is 6.92 Å². The summed E-state index contributed by atoms with van der Waals surface area (Å²) in [6.07, 6.45) is 4.06. The van der Waals surface area contributed by atoms with Crippen molar-refractivity contribution in [2.75, 3.05) is 10.6 Å². The van der Waals surface area contributed by atoms with Crippen LogP contribution < -0.4 is 10.6 Å². The number of fused-ring (bicyclic) bond motifs is 4. The molecule has 0 fully saturated rings. The molecule has 1 heterocycles. The normalized spacial score (nSPS) is 11.6. The van der Waals surface area contributed by atoms with Crippen molar-refractivity contribution in [3.05, 3.63) is 163 Å². The van der Waals surface area contributed by atoms with Gasteiger partial charge >= 0.3 is 0 Å². The first-order valence-electron chi connectivity index (χ1n) is 15.6. The minimum absolute atomic E-state index is 0.695. The molecule has 8 aromatic rings. The first kappa shape index (κ1) is 27.5. The van der Waals surface area contributed by atoms with Gasteiger partial charge < -0.3 is 15.1 Å². The molecule has 0 amide bonds. The Bertz CT molecular complexity index is 2380. The van der Waals surface area contributed by atoms with E-state index in [4.69, 9.17) is 10.2 Å². The highest BCUT2D eigenvalue weighted by Crippen LogP contribution is 2.47. The molecule has 7 aromatic carbocycles. The van der Waals surface area contributed by atoms with E-state index in [1.165, 1.54) is 27.5 Å². The smallest absolute Gasteiger partial charge is 0.137 e. The van der Waals surface area contributed by atoms with Crippen molar-refractivity contribution in [1.82, 2.24) is 0 Å². The molecule has 0 saturated carbocycles. The van der Waals surface area contributed by atoms with Crippen LogP contribution in [0.1, 0.15) is 12.5 Å². The second kappa shape index (κ2) is 11.5. The second-order valence-corrected chi connectivity index (χ2v) is 11.5. The fraction of sp³-hybridized carbons (Fsp3) is 0.0233. The maximum atomic E-state index is 6.45. The standard InChI is InChI=1S/C43H32N2O/c1-2-12-32-27-37-42(28-38(32)44)46-41-22-11-21-40(43(37)41)45(33-25-23-30(24-26-33)29-13-4-3-5-14-29)39-20-9-8-18-36(39)35-19-10-16-31-15-6-7-17-34(31)35/h2-28H,44H2,1H3/b12-2-. The number of nitrogens with zero attached hydrogens (tertiary/aromatic N) is 1. The lowest BCUT2D eigenvalue weighted by molar-refractivity contribution is 0.669. The predicted molar refractivity (Wildman–Crippen MR) is 196 cm³/mol. The number of furan rings is 1. The summed E-state index contributed by atoms with van der Waals surface area (Å²) in [5.74, 6) is 0. The summed E-state index contributed by atoms with van der Waals surface area (Å²) in [4.78, 5) is 2.37. The van der Waals surface area contributed by atoms with Crippen molar-refractivity contribution >= 4 is 61.5 Å². The Morgan fingerprint density at radius 1 is 0.565 bits per heavy atom. The Kier molecular flexibility index (Phi) is 6.85. The molecule has 1 aromatic heterocycles. The lowest BCUT2D eigenvalue weighted by atomic mass is 9.95. The molecule has 0 atom stereocenters. The molecular weight excluding hydrogens is 560 g/mol. The average Bonchev–Trinajstić information content (AvgIpc) is 3.47. The van der Waals surface area contributed by atoms with E-state index in [-0.39, 0.29) is 0 Å². The van der Waals surface area contributed by atoms with Gasteiger partial charge in [-0.15, -0.1) is 0 Å². The molecule has 2 N–H and O–H groups in total. The lowest BCUT2D eigenvalue weighted by Crippen LogP contribution is -2.11. The minimum atomic E-state index is 0.695. The number of anilines is 4. The van der Waals surface area contributed by atoms with Crippen LogP contribution in [0, 0.1) is 0 Å². The van der Waals surface area contributed by atoms with Crippen LogP contribution in [0.25, 0.3) is 61.0 Å². The molecule has 0 unspecified atom stereocenters. The maximum absolute atomic E-state index is 6.45. The van der Waals surface area contributed by atoms with Crippen LogP contribution in [0.3, 0.4) is 0 Å². The zero-order valence-corrected chi connectivity index (χ0v) is 25.5. The summed E-state index contributed by atoms with van der Waals surface area (Å²) in [6.45, 7) is 2.01. The van der Waals surface area contributed by atoms with Crippen LogP contribution >= 0.6 is 0 Å². The number of rotatable bonds is 6. The van der Waals surface area contributed by atoms with Gasteiger partial charge in [0.2, 0.25) is 0 Å². The number of nitrogens with two attached hydrogens (primary N) is 1. The SMILES string of the molecule is C/C=C\c1cc2c(cc1N)oc1cccc(N(c3ccc(-c4ccccc4)cc3)c3ccccc3-c3cccc4ccccc34)c12.